The average molecular weight is 893 g/mol. The van der Waals surface area contributed by atoms with Gasteiger partial charge in [-0.25, -0.2) is 9.34 Å². The lowest BCUT2D eigenvalue weighted by atomic mass is 10.1. The highest BCUT2D eigenvalue weighted by atomic mass is 31.2. The molecule has 0 saturated heterocycles. The minimum absolute atomic E-state index is 0.558. The van der Waals surface area contributed by atoms with Gasteiger partial charge in [-0.3, -0.25) is 9.13 Å². The molecule has 0 aromatic heterocycles. The summed E-state index contributed by atoms with van der Waals surface area (Å²) >= 11 is 0. The molecule has 0 heterocycles. The fraction of sp³-hybridized carbons (Fsp3) is 0.172. The first-order valence-electron chi connectivity index (χ1n) is 22.9. The molecule has 0 bridgehead atoms. The molecule has 8 aromatic rings. The minimum Gasteiger partial charge on any atom is -0.316 e. The Labute approximate surface area is 387 Å². The summed E-state index contributed by atoms with van der Waals surface area (Å²) in [5, 5.41) is 3.37. The van der Waals surface area contributed by atoms with Gasteiger partial charge in [0.2, 0.25) is 14.6 Å². The second kappa shape index (κ2) is 22.3. The number of hydrogen-bond acceptors (Lipinski definition) is 2. The van der Waals surface area contributed by atoms with E-state index >= 15 is 9.13 Å². The predicted molar refractivity (Wildman–Crippen MR) is 273 cm³/mol. The van der Waals surface area contributed by atoms with E-state index in [1.54, 1.807) is 0 Å². The molecule has 0 fully saturated rings. The Morgan fingerprint density at radius 1 is 0.308 bits per heavy atom. The predicted octanol–water partition coefficient (Wildman–Crippen LogP) is 11.8. The van der Waals surface area contributed by atoms with E-state index in [1.807, 2.05) is 133 Å². The molecule has 0 aliphatic heterocycles. The van der Waals surface area contributed by atoms with Gasteiger partial charge in [-0.05, 0) is 59.7 Å². The molecule has 7 heteroatoms. The number of rotatable bonds is 22. The Kier molecular flexibility index (Phi) is 15.7. The number of benzene rings is 8. The molecule has 65 heavy (non-hydrogen) atoms. The molecule has 8 aromatic carbocycles. The number of nitrogens with zero attached hydrogens (tertiary/aromatic N) is 3. The molecule has 0 radical (unpaired) electrons. The number of hydrogen-bond donors (Lipinski definition) is 0. The maximum absolute atomic E-state index is 16.1. The van der Waals surface area contributed by atoms with Crippen molar-refractivity contribution >= 4 is 35.8 Å². The zero-order valence-electron chi connectivity index (χ0n) is 37.2. The Morgan fingerprint density at radius 2 is 0.538 bits per heavy atom. The van der Waals surface area contributed by atoms with Crippen LogP contribution in [0.5, 0.6) is 0 Å². The summed E-state index contributed by atoms with van der Waals surface area (Å²) in [5.74, 6) is 0. The highest BCUT2D eigenvalue weighted by molar-refractivity contribution is 7.77. The fourth-order valence-corrected chi connectivity index (χ4v) is 15.1. The average Bonchev–Trinajstić information content (AvgIpc) is 3.37. The Balaban J connectivity index is 1.16. The molecule has 8 rings (SSSR count). The SMILES string of the molecule is O=P(c1ccccc1)(c1ccccc1)N(CCC[N+](CCCN(Cc1ccccc1)P(=O)(c1ccccc1)c1ccccc1)(Cc1ccccc1)Cc1ccccc1)Cc1ccccc1. The summed E-state index contributed by atoms with van der Waals surface area (Å²) in [6, 6.07) is 82.9. The lowest BCUT2D eigenvalue weighted by Crippen LogP contribution is -2.49. The van der Waals surface area contributed by atoms with Gasteiger partial charge in [0, 0.05) is 71.4 Å². The van der Waals surface area contributed by atoms with E-state index in [0.29, 0.717) is 26.2 Å². The van der Waals surface area contributed by atoms with Crippen LogP contribution >= 0.6 is 14.6 Å². The molecule has 0 spiro atoms. The third-order valence-corrected chi connectivity index (χ3v) is 18.7. The fourth-order valence-electron chi connectivity index (χ4n) is 9.30. The van der Waals surface area contributed by atoms with Gasteiger partial charge in [0.1, 0.15) is 13.1 Å². The van der Waals surface area contributed by atoms with Gasteiger partial charge in [-0.15, -0.1) is 0 Å². The van der Waals surface area contributed by atoms with Crippen LogP contribution in [0.4, 0.5) is 0 Å². The van der Waals surface area contributed by atoms with E-state index in [0.717, 1.165) is 75.8 Å². The summed E-state index contributed by atoms with van der Waals surface area (Å²) in [5.41, 5.74) is 4.83. The van der Waals surface area contributed by atoms with Gasteiger partial charge in [0.05, 0.1) is 13.1 Å². The van der Waals surface area contributed by atoms with Crippen molar-refractivity contribution < 1.29 is 13.6 Å². The summed E-state index contributed by atoms with van der Waals surface area (Å²) in [6.07, 6.45) is 1.63. The van der Waals surface area contributed by atoms with Crippen LogP contribution in [-0.4, -0.2) is 40.0 Å². The summed E-state index contributed by atoms with van der Waals surface area (Å²) in [4.78, 5) is 0. The van der Waals surface area contributed by atoms with Crippen LogP contribution in [0.2, 0.25) is 0 Å². The third kappa shape index (κ3) is 11.5. The third-order valence-electron chi connectivity index (χ3n) is 12.5. The second-order valence-corrected chi connectivity index (χ2v) is 22.5. The van der Waals surface area contributed by atoms with Gasteiger partial charge in [0.25, 0.3) is 0 Å². The highest BCUT2D eigenvalue weighted by Crippen LogP contribution is 2.50. The second-order valence-electron chi connectivity index (χ2n) is 17.0. The van der Waals surface area contributed by atoms with Gasteiger partial charge in [-0.1, -0.05) is 194 Å². The summed E-state index contributed by atoms with van der Waals surface area (Å²) in [6.45, 7) is 5.75. The van der Waals surface area contributed by atoms with Gasteiger partial charge in [-0.2, -0.15) is 0 Å². The van der Waals surface area contributed by atoms with E-state index in [1.165, 1.54) is 11.1 Å². The van der Waals surface area contributed by atoms with Crippen molar-refractivity contribution in [3.63, 3.8) is 0 Å². The van der Waals surface area contributed by atoms with Crippen molar-refractivity contribution in [3.8, 4) is 0 Å². The van der Waals surface area contributed by atoms with Crippen molar-refractivity contribution in [2.45, 2.75) is 39.0 Å². The van der Waals surface area contributed by atoms with Gasteiger partial charge >= 0.3 is 0 Å². The molecule has 0 saturated carbocycles. The Hall–Kier alpha value is -5.90. The molecule has 0 aliphatic rings. The van der Waals surface area contributed by atoms with Crippen LogP contribution in [0.3, 0.4) is 0 Å². The molecular formula is C58H60N3O2P2+. The van der Waals surface area contributed by atoms with E-state index in [4.69, 9.17) is 0 Å². The summed E-state index contributed by atoms with van der Waals surface area (Å²) in [7, 11) is -6.54. The maximum Gasteiger partial charge on any atom is 0.207 e. The molecule has 5 nitrogen and oxygen atoms in total. The molecule has 0 unspecified atom stereocenters. The quantitative estimate of drug-likeness (QED) is 0.0502. The van der Waals surface area contributed by atoms with Crippen molar-refractivity contribution in [1.29, 1.82) is 0 Å². The topological polar surface area (TPSA) is 40.6 Å². The van der Waals surface area contributed by atoms with E-state index in [-0.39, 0.29) is 0 Å². The van der Waals surface area contributed by atoms with Crippen LogP contribution in [-0.2, 0) is 35.3 Å². The van der Waals surface area contributed by atoms with Crippen molar-refractivity contribution in [2.75, 3.05) is 26.2 Å². The molecule has 0 aliphatic carbocycles. The standard InChI is InChI=1S/C58H60N3O2P2/c62-64(55-35-17-5-18-36-55,56-37-19-6-20-38-56)59(47-51-27-9-1-10-28-51)43-25-45-61(49-53-31-13-3-14-32-53,50-54-33-15-4-16-34-54)46-26-44-60(48-52-29-11-2-12-30-52)65(63,57-39-21-7-22-40-57)58-41-23-8-24-42-58/h1-24,27-42H,25-26,43-50H2/q+1. The van der Waals surface area contributed by atoms with Crippen LogP contribution in [0.25, 0.3) is 0 Å². The molecule has 0 N–H and O–H groups in total. The first kappa shape index (κ1) is 45.7. The largest absolute Gasteiger partial charge is 0.316 e. The Bertz CT molecular complexity index is 2430. The van der Waals surface area contributed by atoms with Crippen LogP contribution in [0, 0.1) is 0 Å². The smallest absolute Gasteiger partial charge is 0.207 e. The molecule has 328 valence electrons. The molecular weight excluding hydrogens is 833 g/mol. The monoisotopic (exact) mass is 892 g/mol. The zero-order valence-corrected chi connectivity index (χ0v) is 39.0. The minimum atomic E-state index is -3.27. The van der Waals surface area contributed by atoms with Crippen molar-refractivity contribution in [2.24, 2.45) is 0 Å². The van der Waals surface area contributed by atoms with Crippen molar-refractivity contribution in [3.05, 3.63) is 265 Å². The van der Waals surface area contributed by atoms with Crippen LogP contribution in [0.15, 0.2) is 243 Å². The lowest BCUT2D eigenvalue weighted by Gasteiger charge is -2.41. The first-order chi connectivity index (χ1) is 31.9. The first-order valence-corrected chi connectivity index (χ1v) is 26.2. The molecule has 0 atom stereocenters. The van der Waals surface area contributed by atoms with Gasteiger partial charge in [0.15, 0.2) is 0 Å². The van der Waals surface area contributed by atoms with Crippen LogP contribution < -0.4 is 21.2 Å². The molecule has 0 amide bonds. The lowest BCUT2D eigenvalue weighted by molar-refractivity contribution is -0.953. The normalized spacial score (nSPS) is 12.1. The van der Waals surface area contributed by atoms with Gasteiger partial charge < -0.3 is 4.48 Å². The van der Waals surface area contributed by atoms with E-state index < -0.39 is 14.6 Å². The maximum atomic E-state index is 16.1. The van der Waals surface area contributed by atoms with E-state index in [2.05, 4.69) is 119 Å². The highest BCUT2D eigenvalue weighted by Gasteiger charge is 2.38. The zero-order chi connectivity index (χ0) is 44.6. The Morgan fingerprint density at radius 3 is 0.800 bits per heavy atom. The van der Waals surface area contributed by atoms with Crippen LogP contribution in [0.1, 0.15) is 35.1 Å². The van der Waals surface area contributed by atoms with E-state index in [9.17, 15) is 0 Å². The number of quaternary nitrogens is 1. The van der Waals surface area contributed by atoms with Crippen molar-refractivity contribution in [1.82, 2.24) is 9.34 Å². The summed E-state index contributed by atoms with van der Waals surface area (Å²) < 4.78 is 37.5.